The number of ether oxygens (including phenoxy) is 1. The van der Waals surface area contributed by atoms with Crippen molar-refractivity contribution in [2.75, 3.05) is 5.32 Å². The minimum atomic E-state index is -0.296. The van der Waals surface area contributed by atoms with E-state index >= 15 is 0 Å². The topological polar surface area (TPSA) is 93.5 Å². The first-order chi connectivity index (χ1) is 13.9. The SMILES string of the molecule is CC(C)NC(=O)c1cc(COc2ccc(NC(=O)c3ccc(Cl)cc3)cc2)on1. The molecule has 2 N–H and O–H groups in total. The van der Waals surface area contributed by atoms with Crippen LogP contribution in [-0.4, -0.2) is 23.0 Å². The van der Waals surface area contributed by atoms with Crippen molar-refractivity contribution in [3.05, 3.63) is 76.6 Å². The fourth-order valence-electron chi connectivity index (χ4n) is 2.42. The van der Waals surface area contributed by atoms with E-state index in [0.29, 0.717) is 27.8 Å². The lowest BCUT2D eigenvalue weighted by Crippen LogP contribution is -2.30. The Bertz CT molecular complexity index is 982. The lowest BCUT2D eigenvalue weighted by atomic mass is 10.2. The molecule has 0 atom stereocenters. The Morgan fingerprint density at radius 3 is 2.41 bits per heavy atom. The van der Waals surface area contributed by atoms with Gasteiger partial charge in [0.05, 0.1) is 0 Å². The zero-order chi connectivity index (χ0) is 20.8. The molecule has 0 radical (unpaired) electrons. The Balaban J connectivity index is 1.53. The summed E-state index contributed by atoms with van der Waals surface area (Å²) >= 11 is 5.83. The van der Waals surface area contributed by atoms with Crippen molar-refractivity contribution >= 4 is 29.1 Å². The van der Waals surface area contributed by atoms with Gasteiger partial charge in [-0.1, -0.05) is 16.8 Å². The summed E-state index contributed by atoms with van der Waals surface area (Å²) in [6.45, 7) is 3.85. The first kappa shape index (κ1) is 20.4. The molecule has 0 spiro atoms. The molecule has 3 rings (SSSR count). The van der Waals surface area contributed by atoms with Crippen molar-refractivity contribution in [2.45, 2.75) is 26.5 Å². The van der Waals surface area contributed by atoms with Crippen LogP contribution in [0, 0.1) is 0 Å². The second-order valence-corrected chi connectivity index (χ2v) is 7.02. The lowest BCUT2D eigenvalue weighted by molar-refractivity contribution is 0.0933. The van der Waals surface area contributed by atoms with Gasteiger partial charge < -0.3 is 19.9 Å². The highest BCUT2D eigenvalue weighted by Crippen LogP contribution is 2.18. The van der Waals surface area contributed by atoms with Gasteiger partial charge in [-0.2, -0.15) is 0 Å². The molecule has 2 aromatic carbocycles. The average Bonchev–Trinajstić information content (AvgIpc) is 3.17. The Labute approximate surface area is 173 Å². The van der Waals surface area contributed by atoms with E-state index in [4.69, 9.17) is 20.9 Å². The maximum Gasteiger partial charge on any atom is 0.273 e. The van der Waals surface area contributed by atoms with Crippen molar-refractivity contribution in [3.8, 4) is 5.75 Å². The molecule has 1 aromatic heterocycles. The molecule has 1 heterocycles. The Morgan fingerprint density at radius 1 is 1.07 bits per heavy atom. The van der Waals surface area contributed by atoms with Crippen molar-refractivity contribution in [1.82, 2.24) is 10.5 Å². The summed E-state index contributed by atoms with van der Waals surface area (Å²) in [5, 5.41) is 9.85. The number of halogens is 1. The number of rotatable bonds is 7. The van der Waals surface area contributed by atoms with E-state index in [1.807, 2.05) is 13.8 Å². The molecule has 3 aromatic rings. The molecule has 0 aliphatic carbocycles. The van der Waals surface area contributed by atoms with Crippen molar-refractivity contribution in [1.29, 1.82) is 0 Å². The molecule has 0 unspecified atom stereocenters. The van der Waals surface area contributed by atoms with Gasteiger partial charge in [-0.25, -0.2) is 0 Å². The van der Waals surface area contributed by atoms with Gasteiger partial charge >= 0.3 is 0 Å². The number of aromatic nitrogens is 1. The average molecular weight is 414 g/mol. The fourth-order valence-corrected chi connectivity index (χ4v) is 2.54. The van der Waals surface area contributed by atoms with Gasteiger partial charge in [-0.15, -0.1) is 0 Å². The standard InChI is InChI=1S/C21H20ClN3O4/c1-13(2)23-21(27)19-11-18(29-25-19)12-28-17-9-7-16(8-10-17)24-20(26)14-3-5-15(22)6-4-14/h3-11,13H,12H2,1-2H3,(H,23,27)(H,24,26). The minimum Gasteiger partial charge on any atom is -0.486 e. The zero-order valence-electron chi connectivity index (χ0n) is 15.9. The molecular formula is C21H20ClN3O4. The molecule has 8 heteroatoms. The Hall–Kier alpha value is -3.32. The monoisotopic (exact) mass is 413 g/mol. The predicted octanol–water partition coefficient (Wildman–Crippen LogP) is 4.30. The van der Waals surface area contributed by atoms with Gasteiger partial charge in [-0.3, -0.25) is 9.59 Å². The number of hydrogen-bond donors (Lipinski definition) is 2. The molecule has 29 heavy (non-hydrogen) atoms. The van der Waals surface area contributed by atoms with Crippen LogP contribution in [0.15, 0.2) is 59.1 Å². The van der Waals surface area contributed by atoms with E-state index in [1.165, 1.54) is 0 Å². The van der Waals surface area contributed by atoms with Crippen LogP contribution in [0.5, 0.6) is 5.75 Å². The zero-order valence-corrected chi connectivity index (χ0v) is 16.7. The fraction of sp³-hybridized carbons (Fsp3) is 0.190. The molecule has 0 fully saturated rings. The quantitative estimate of drug-likeness (QED) is 0.602. The summed E-state index contributed by atoms with van der Waals surface area (Å²) in [4.78, 5) is 24.1. The highest BCUT2D eigenvalue weighted by atomic mass is 35.5. The van der Waals surface area contributed by atoms with Crippen molar-refractivity contribution in [3.63, 3.8) is 0 Å². The Morgan fingerprint density at radius 2 is 1.76 bits per heavy atom. The molecule has 7 nitrogen and oxygen atoms in total. The maximum atomic E-state index is 12.2. The van der Waals surface area contributed by atoms with Crippen LogP contribution in [0.3, 0.4) is 0 Å². The number of benzene rings is 2. The third kappa shape index (κ3) is 5.83. The minimum absolute atomic E-state index is 0.0117. The van der Waals surface area contributed by atoms with Gasteiger partial charge in [0.1, 0.15) is 12.4 Å². The molecule has 150 valence electrons. The molecule has 0 bridgehead atoms. The molecule has 2 amide bonds. The maximum absolute atomic E-state index is 12.2. The van der Waals surface area contributed by atoms with Gasteiger partial charge in [0.25, 0.3) is 11.8 Å². The van der Waals surface area contributed by atoms with Crippen molar-refractivity contribution < 1.29 is 18.8 Å². The number of nitrogens with zero attached hydrogens (tertiary/aromatic N) is 1. The van der Waals surface area contributed by atoms with Gasteiger partial charge in [-0.05, 0) is 62.4 Å². The van der Waals surface area contributed by atoms with E-state index in [0.717, 1.165) is 0 Å². The van der Waals surface area contributed by atoms with E-state index < -0.39 is 0 Å². The van der Waals surface area contributed by atoms with Crippen LogP contribution >= 0.6 is 11.6 Å². The van der Waals surface area contributed by atoms with Crippen LogP contribution in [0.1, 0.15) is 40.5 Å². The number of nitrogens with one attached hydrogen (secondary N) is 2. The van der Waals surface area contributed by atoms with E-state index in [-0.39, 0.29) is 30.2 Å². The number of carbonyl (C=O) groups is 2. The normalized spacial score (nSPS) is 10.6. The molecular weight excluding hydrogens is 394 g/mol. The summed E-state index contributed by atoms with van der Waals surface area (Å²) in [7, 11) is 0. The van der Waals surface area contributed by atoms with Crippen LogP contribution in [-0.2, 0) is 6.61 Å². The number of carbonyl (C=O) groups excluding carboxylic acids is 2. The summed E-state index contributed by atoms with van der Waals surface area (Å²) < 4.78 is 10.8. The summed E-state index contributed by atoms with van der Waals surface area (Å²) in [5.74, 6) is 0.484. The third-order valence-electron chi connectivity index (χ3n) is 3.81. The van der Waals surface area contributed by atoms with Crippen LogP contribution < -0.4 is 15.4 Å². The summed E-state index contributed by atoms with van der Waals surface area (Å²) in [5.41, 5.74) is 1.35. The predicted molar refractivity (Wildman–Crippen MR) is 109 cm³/mol. The van der Waals surface area contributed by atoms with Gasteiger partial charge in [0.2, 0.25) is 0 Å². The molecule has 0 aliphatic rings. The molecule has 0 saturated heterocycles. The smallest absolute Gasteiger partial charge is 0.273 e. The largest absolute Gasteiger partial charge is 0.486 e. The van der Waals surface area contributed by atoms with Crippen LogP contribution in [0.2, 0.25) is 5.02 Å². The molecule has 0 saturated carbocycles. The first-order valence-electron chi connectivity index (χ1n) is 8.97. The second kappa shape index (κ2) is 9.25. The van der Waals surface area contributed by atoms with Gasteiger partial charge in [0.15, 0.2) is 11.5 Å². The highest BCUT2D eigenvalue weighted by Gasteiger charge is 2.13. The number of amides is 2. The Kier molecular flexibility index (Phi) is 6.51. The van der Waals surface area contributed by atoms with Gasteiger partial charge in [0, 0.05) is 28.4 Å². The van der Waals surface area contributed by atoms with E-state index in [1.54, 1.807) is 54.6 Å². The van der Waals surface area contributed by atoms with Crippen LogP contribution in [0.4, 0.5) is 5.69 Å². The van der Waals surface area contributed by atoms with Crippen molar-refractivity contribution in [2.24, 2.45) is 0 Å². The number of hydrogen-bond acceptors (Lipinski definition) is 5. The van der Waals surface area contributed by atoms with E-state index in [9.17, 15) is 9.59 Å². The highest BCUT2D eigenvalue weighted by molar-refractivity contribution is 6.30. The first-order valence-corrected chi connectivity index (χ1v) is 9.35. The number of anilines is 1. The molecule has 0 aliphatic heterocycles. The second-order valence-electron chi connectivity index (χ2n) is 6.58. The third-order valence-corrected chi connectivity index (χ3v) is 4.06. The lowest BCUT2D eigenvalue weighted by Gasteiger charge is -2.07. The summed E-state index contributed by atoms with van der Waals surface area (Å²) in [6.07, 6.45) is 0. The van der Waals surface area contributed by atoms with E-state index in [2.05, 4.69) is 15.8 Å². The summed E-state index contributed by atoms with van der Waals surface area (Å²) in [6, 6.07) is 15.1. The van der Waals surface area contributed by atoms with Crippen LogP contribution in [0.25, 0.3) is 0 Å².